The van der Waals surface area contributed by atoms with E-state index in [0.29, 0.717) is 18.8 Å². The average molecular weight is 496 g/mol. The highest BCUT2D eigenvalue weighted by Crippen LogP contribution is 2.37. The van der Waals surface area contributed by atoms with Crippen LogP contribution in [0.25, 0.3) is 11.0 Å². The molecule has 1 saturated carbocycles. The number of aromatic carboxylic acids is 1. The summed E-state index contributed by atoms with van der Waals surface area (Å²) in [5, 5.41) is 13.7. The molecule has 2 aliphatic rings. The summed E-state index contributed by atoms with van der Waals surface area (Å²) < 4.78 is 22.0. The van der Waals surface area contributed by atoms with E-state index in [9.17, 15) is 14.7 Å². The SMILES string of the molecule is COc1ccc(CO/N=C2\CN(c3nc4c(cc3F)c(=O)c(C(=O)O)cn4C3CC3)CC2CN)cc1. The van der Waals surface area contributed by atoms with Crippen LogP contribution in [0.1, 0.15) is 34.8 Å². The molecule has 1 aliphatic carbocycles. The van der Waals surface area contributed by atoms with Crippen LogP contribution in [0.4, 0.5) is 10.2 Å². The molecule has 36 heavy (non-hydrogen) atoms. The van der Waals surface area contributed by atoms with E-state index in [1.54, 1.807) is 16.6 Å². The number of methoxy groups -OCH3 is 1. The summed E-state index contributed by atoms with van der Waals surface area (Å²) in [5.41, 5.74) is 6.68. The number of nitrogens with two attached hydrogens (primary N) is 1. The number of anilines is 1. The van der Waals surface area contributed by atoms with Crippen molar-refractivity contribution in [3.05, 3.63) is 63.7 Å². The van der Waals surface area contributed by atoms with Gasteiger partial charge in [0.2, 0.25) is 5.43 Å². The van der Waals surface area contributed by atoms with Gasteiger partial charge in [-0.3, -0.25) is 4.79 Å². The van der Waals surface area contributed by atoms with Gasteiger partial charge in [-0.25, -0.2) is 14.2 Å². The Morgan fingerprint density at radius 1 is 1.31 bits per heavy atom. The maximum absolute atomic E-state index is 15.2. The van der Waals surface area contributed by atoms with Gasteiger partial charge in [-0.05, 0) is 36.6 Å². The molecule has 1 aliphatic heterocycles. The predicted octanol–water partition coefficient (Wildman–Crippen LogP) is 2.54. The van der Waals surface area contributed by atoms with Gasteiger partial charge in [-0.15, -0.1) is 0 Å². The number of pyridine rings is 2. The number of aromatic nitrogens is 2. The number of oxime groups is 1. The molecular formula is C25H26FN5O5. The van der Waals surface area contributed by atoms with Gasteiger partial charge >= 0.3 is 5.97 Å². The number of rotatable bonds is 8. The molecule has 3 aromatic rings. The molecule has 1 unspecified atom stereocenters. The highest BCUT2D eigenvalue weighted by atomic mass is 19.1. The molecule has 2 fully saturated rings. The smallest absolute Gasteiger partial charge is 0.341 e. The van der Waals surface area contributed by atoms with Gasteiger partial charge in [-0.1, -0.05) is 17.3 Å². The number of carboxylic acid groups (broad SMARTS) is 1. The van der Waals surface area contributed by atoms with E-state index < -0.39 is 22.8 Å². The van der Waals surface area contributed by atoms with Crippen LogP contribution in [-0.4, -0.2) is 53.1 Å². The Morgan fingerprint density at radius 2 is 2.06 bits per heavy atom. The quantitative estimate of drug-likeness (QED) is 0.456. The van der Waals surface area contributed by atoms with Crippen LogP contribution in [-0.2, 0) is 11.4 Å². The molecule has 1 atom stereocenters. The lowest BCUT2D eigenvalue weighted by Gasteiger charge is -2.19. The van der Waals surface area contributed by atoms with Gasteiger partial charge in [0.15, 0.2) is 11.6 Å². The van der Waals surface area contributed by atoms with E-state index in [0.717, 1.165) is 30.2 Å². The molecule has 1 saturated heterocycles. The first-order valence-corrected chi connectivity index (χ1v) is 11.6. The highest BCUT2D eigenvalue weighted by molar-refractivity contribution is 5.95. The van der Waals surface area contributed by atoms with Crippen LogP contribution in [0.15, 0.2) is 46.5 Å². The van der Waals surface area contributed by atoms with Crippen molar-refractivity contribution in [1.29, 1.82) is 0 Å². The van der Waals surface area contributed by atoms with Crippen molar-refractivity contribution in [3.8, 4) is 5.75 Å². The van der Waals surface area contributed by atoms with Crippen molar-refractivity contribution in [1.82, 2.24) is 9.55 Å². The lowest BCUT2D eigenvalue weighted by Crippen LogP contribution is -2.26. The number of halogens is 1. The third kappa shape index (κ3) is 4.49. The van der Waals surface area contributed by atoms with E-state index in [2.05, 4.69) is 10.1 Å². The fourth-order valence-corrected chi connectivity index (χ4v) is 4.39. The summed E-state index contributed by atoms with van der Waals surface area (Å²) in [5.74, 6) is -1.39. The Morgan fingerprint density at radius 3 is 2.69 bits per heavy atom. The molecule has 1 aromatic carbocycles. The minimum Gasteiger partial charge on any atom is -0.497 e. The van der Waals surface area contributed by atoms with Crippen molar-refractivity contribution >= 4 is 28.5 Å². The molecule has 0 radical (unpaired) electrons. The topological polar surface area (TPSA) is 132 Å². The average Bonchev–Trinajstić information content (AvgIpc) is 3.64. The van der Waals surface area contributed by atoms with Gasteiger partial charge < -0.3 is 29.9 Å². The third-order valence-corrected chi connectivity index (χ3v) is 6.53. The number of nitrogens with zero attached hydrogens (tertiary/aromatic N) is 4. The first-order chi connectivity index (χ1) is 17.4. The number of fused-ring (bicyclic) bond motifs is 1. The Labute approximate surface area is 205 Å². The molecule has 0 spiro atoms. The largest absolute Gasteiger partial charge is 0.497 e. The van der Waals surface area contributed by atoms with Crippen LogP contribution in [0.2, 0.25) is 0 Å². The number of carboxylic acids is 1. The monoisotopic (exact) mass is 495 g/mol. The summed E-state index contributed by atoms with van der Waals surface area (Å²) in [4.78, 5) is 36.0. The van der Waals surface area contributed by atoms with Gasteiger partial charge in [0.25, 0.3) is 0 Å². The van der Waals surface area contributed by atoms with E-state index in [1.165, 1.54) is 6.20 Å². The van der Waals surface area contributed by atoms with Crippen molar-refractivity contribution in [2.45, 2.75) is 25.5 Å². The number of benzene rings is 1. The Balaban J connectivity index is 1.42. The van der Waals surface area contributed by atoms with Gasteiger partial charge in [0, 0.05) is 31.2 Å². The van der Waals surface area contributed by atoms with Crippen molar-refractivity contribution < 1.29 is 23.9 Å². The molecule has 2 aromatic heterocycles. The standard InChI is InChI=1S/C25H26FN5O5/c1-35-17-6-2-14(3-7-17)13-36-29-21-12-30(10-15(21)9-27)24-20(26)8-18-22(32)19(25(33)34)11-31(16-4-5-16)23(18)28-24/h2-3,6-8,11,15-16H,4-5,9-10,12-13,27H2,1H3,(H,33,34)/b29-21+. The Bertz CT molecular complexity index is 1400. The molecule has 188 valence electrons. The number of carbonyl (C=O) groups is 1. The van der Waals surface area contributed by atoms with E-state index in [1.807, 2.05) is 24.3 Å². The summed E-state index contributed by atoms with van der Waals surface area (Å²) in [6.07, 6.45) is 2.99. The van der Waals surface area contributed by atoms with Crippen molar-refractivity contribution in [3.63, 3.8) is 0 Å². The number of ether oxygens (including phenoxy) is 1. The fraction of sp³-hybridized carbons (Fsp3) is 0.360. The Kier molecular flexibility index (Phi) is 6.31. The van der Waals surface area contributed by atoms with Crippen LogP contribution < -0.4 is 20.8 Å². The highest BCUT2D eigenvalue weighted by Gasteiger charge is 2.33. The molecule has 5 rings (SSSR count). The normalized spacial score (nSPS) is 18.7. The lowest BCUT2D eigenvalue weighted by atomic mass is 10.1. The second-order valence-corrected chi connectivity index (χ2v) is 9.00. The van der Waals surface area contributed by atoms with E-state index in [-0.39, 0.29) is 42.0 Å². The molecule has 11 heteroatoms. The summed E-state index contributed by atoms with van der Waals surface area (Å²) >= 11 is 0. The lowest BCUT2D eigenvalue weighted by molar-refractivity contribution is 0.0695. The van der Waals surface area contributed by atoms with Crippen LogP contribution in [0, 0.1) is 11.7 Å². The molecule has 3 N–H and O–H groups in total. The third-order valence-electron chi connectivity index (χ3n) is 6.53. The summed E-state index contributed by atoms with van der Waals surface area (Å²) in [6, 6.07) is 8.54. The van der Waals surface area contributed by atoms with Gasteiger partial charge in [0.1, 0.15) is 23.6 Å². The number of hydrogen-bond donors (Lipinski definition) is 2. The second kappa shape index (κ2) is 9.57. The van der Waals surface area contributed by atoms with Crippen molar-refractivity contribution in [2.75, 3.05) is 31.6 Å². The molecule has 0 amide bonds. The predicted molar refractivity (Wildman–Crippen MR) is 131 cm³/mol. The van der Waals surface area contributed by atoms with E-state index in [4.69, 9.17) is 15.3 Å². The molecular weight excluding hydrogens is 469 g/mol. The molecule has 10 nitrogen and oxygen atoms in total. The minimum atomic E-state index is -1.35. The van der Waals surface area contributed by atoms with Gasteiger partial charge in [-0.2, -0.15) is 0 Å². The first kappa shape index (κ1) is 23.7. The van der Waals surface area contributed by atoms with E-state index >= 15 is 4.39 Å². The zero-order valence-corrected chi connectivity index (χ0v) is 19.7. The molecule has 0 bridgehead atoms. The number of hydrogen-bond acceptors (Lipinski definition) is 8. The van der Waals surface area contributed by atoms with Crippen LogP contribution in [0.3, 0.4) is 0 Å². The van der Waals surface area contributed by atoms with Crippen LogP contribution >= 0.6 is 0 Å². The maximum Gasteiger partial charge on any atom is 0.341 e. The Hall–Kier alpha value is -3.99. The van der Waals surface area contributed by atoms with Gasteiger partial charge in [0.05, 0.1) is 24.8 Å². The fourth-order valence-electron chi connectivity index (χ4n) is 4.39. The summed E-state index contributed by atoms with van der Waals surface area (Å²) in [6.45, 7) is 1.20. The maximum atomic E-state index is 15.2. The second-order valence-electron chi connectivity index (χ2n) is 9.00. The minimum absolute atomic E-state index is 0.0378. The zero-order chi connectivity index (χ0) is 25.4. The first-order valence-electron chi connectivity index (χ1n) is 11.6. The van der Waals surface area contributed by atoms with Crippen LogP contribution in [0.5, 0.6) is 5.75 Å². The summed E-state index contributed by atoms with van der Waals surface area (Å²) in [7, 11) is 1.60. The van der Waals surface area contributed by atoms with Crippen molar-refractivity contribution in [2.24, 2.45) is 16.8 Å². The molecule has 3 heterocycles. The zero-order valence-electron chi connectivity index (χ0n) is 19.7.